The summed E-state index contributed by atoms with van der Waals surface area (Å²) in [6, 6.07) is 8.90. The monoisotopic (exact) mass is 283 g/mol. The maximum atomic E-state index is 12.0. The highest BCUT2D eigenvalue weighted by Gasteiger charge is 2.14. The van der Waals surface area contributed by atoms with E-state index in [1.807, 2.05) is 0 Å². The van der Waals surface area contributed by atoms with E-state index in [9.17, 15) is 8.42 Å². The summed E-state index contributed by atoms with van der Waals surface area (Å²) in [7, 11) is -3.65. The van der Waals surface area contributed by atoms with Gasteiger partial charge in [-0.3, -0.25) is 4.72 Å². The Morgan fingerprint density at radius 3 is 2.33 bits per heavy atom. The predicted molar refractivity (Wildman–Crippen MR) is 70.9 cm³/mol. The number of pyridine rings is 1. The summed E-state index contributed by atoms with van der Waals surface area (Å²) in [6.07, 6.45) is 1.37. The molecule has 0 bridgehead atoms. The number of sulfonamides is 1. The Morgan fingerprint density at radius 2 is 1.78 bits per heavy atom. The maximum Gasteiger partial charge on any atom is 0.263 e. The molecule has 2 aromatic rings. The van der Waals surface area contributed by atoms with E-state index in [2.05, 4.69) is 9.71 Å². The average molecular weight is 284 g/mol. The van der Waals surface area contributed by atoms with Crippen LogP contribution in [0.15, 0.2) is 47.5 Å². The van der Waals surface area contributed by atoms with Crippen LogP contribution >= 0.6 is 11.6 Å². The van der Waals surface area contributed by atoms with Crippen molar-refractivity contribution in [2.45, 2.75) is 4.90 Å². The molecule has 0 amide bonds. The molecule has 7 heteroatoms. The molecule has 0 radical (unpaired) electrons. The van der Waals surface area contributed by atoms with E-state index in [1.54, 1.807) is 6.07 Å². The van der Waals surface area contributed by atoms with Crippen LogP contribution in [-0.2, 0) is 10.0 Å². The second-order valence-corrected chi connectivity index (χ2v) is 5.66. The van der Waals surface area contributed by atoms with Crippen LogP contribution in [0.1, 0.15) is 0 Å². The second-order valence-electron chi connectivity index (χ2n) is 3.54. The molecular weight excluding hydrogens is 274 g/mol. The third-order valence-corrected chi connectivity index (χ3v) is 3.77. The molecule has 0 fully saturated rings. The summed E-state index contributed by atoms with van der Waals surface area (Å²) < 4.78 is 26.3. The van der Waals surface area contributed by atoms with Gasteiger partial charge in [-0.1, -0.05) is 11.6 Å². The van der Waals surface area contributed by atoms with Crippen molar-refractivity contribution in [3.05, 3.63) is 47.6 Å². The highest BCUT2D eigenvalue weighted by atomic mass is 35.5. The molecule has 0 aliphatic rings. The standard InChI is InChI=1S/C11H10ClN3O2S/c12-8-1-4-10(5-2-8)18(16,17)15-11-6-3-9(13)7-14-11/h1-7H,13H2,(H,14,15). The van der Waals surface area contributed by atoms with Gasteiger partial charge in [0.25, 0.3) is 10.0 Å². The summed E-state index contributed by atoms with van der Waals surface area (Å²) in [5.74, 6) is 0.208. The molecule has 18 heavy (non-hydrogen) atoms. The average Bonchev–Trinajstić information content (AvgIpc) is 2.32. The van der Waals surface area contributed by atoms with Crippen molar-refractivity contribution in [3.8, 4) is 0 Å². The molecule has 1 aromatic carbocycles. The van der Waals surface area contributed by atoms with E-state index in [4.69, 9.17) is 17.3 Å². The van der Waals surface area contributed by atoms with Crippen LogP contribution in [0.5, 0.6) is 0 Å². The van der Waals surface area contributed by atoms with E-state index < -0.39 is 10.0 Å². The largest absolute Gasteiger partial charge is 0.397 e. The van der Waals surface area contributed by atoms with Crippen molar-refractivity contribution >= 4 is 33.1 Å². The van der Waals surface area contributed by atoms with Crippen LogP contribution < -0.4 is 10.5 Å². The number of nitrogens with two attached hydrogens (primary N) is 1. The number of nitrogens with zero attached hydrogens (tertiary/aromatic N) is 1. The molecule has 2 rings (SSSR count). The van der Waals surface area contributed by atoms with Gasteiger partial charge in [-0.15, -0.1) is 0 Å². The van der Waals surface area contributed by atoms with Crippen LogP contribution in [0.2, 0.25) is 5.02 Å². The lowest BCUT2D eigenvalue weighted by atomic mass is 10.4. The number of nitrogens with one attached hydrogen (secondary N) is 1. The first-order valence-corrected chi connectivity index (χ1v) is 6.83. The Morgan fingerprint density at radius 1 is 1.11 bits per heavy atom. The van der Waals surface area contributed by atoms with Crippen LogP contribution in [0.4, 0.5) is 11.5 Å². The molecule has 5 nitrogen and oxygen atoms in total. The number of halogens is 1. The van der Waals surface area contributed by atoms with E-state index in [0.29, 0.717) is 10.7 Å². The van der Waals surface area contributed by atoms with E-state index >= 15 is 0 Å². The van der Waals surface area contributed by atoms with Crippen LogP contribution in [0, 0.1) is 0 Å². The lowest BCUT2D eigenvalue weighted by Gasteiger charge is -2.07. The lowest BCUT2D eigenvalue weighted by Crippen LogP contribution is -2.13. The summed E-state index contributed by atoms with van der Waals surface area (Å²) in [4.78, 5) is 3.98. The first kappa shape index (κ1) is 12.7. The van der Waals surface area contributed by atoms with Crippen molar-refractivity contribution < 1.29 is 8.42 Å². The second kappa shape index (κ2) is 4.83. The van der Waals surface area contributed by atoms with E-state index in [-0.39, 0.29) is 10.7 Å². The molecule has 0 unspecified atom stereocenters. The minimum atomic E-state index is -3.65. The van der Waals surface area contributed by atoms with Crippen LogP contribution in [-0.4, -0.2) is 13.4 Å². The first-order valence-electron chi connectivity index (χ1n) is 4.97. The number of hydrogen-bond donors (Lipinski definition) is 2. The number of aromatic nitrogens is 1. The third-order valence-electron chi connectivity index (χ3n) is 2.15. The molecule has 0 saturated carbocycles. The predicted octanol–water partition coefficient (Wildman–Crippen LogP) is 2.12. The Bertz CT molecular complexity index is 639. The normalized spacial score (nSPS) is 11.2. The van der Waals surface area contributed by atoms with Gasteiger partial charge in [0.15, 0.2) is 0 Å². The summed E-state index contributed by atoms with van der Waals surface area (Å²) in [5.41, 5.74) is 5.93. The first-order chi connectivity index (χ1) is 8.47. The molecule has 0 saturated heterocycles. The van der Waals surface area contributed by atoms with Crippen LogP contribution in [0.25, 0.3) is 0 Å². The Balaban J connectivity index is 2.27. The quantitative estimate of drug-likeness (QED) is 0.903. The van der Waals surface area contributed by atoms with Gasteiger partial charge >= 0.3 is 0 Å². The lowest BCUT2D eigenvalue weighted by molar-refractivity contribution is 0.601. The van der Waals surface area contributed by atoms with Gasteiger partial charge < -0.3 is 5.73 Å². The number of anilines is 2. The Kier molecular flexibility index (Phi) is 3.40. The summed E-state index contributed by atoms with van der Waals surface area (Å²) in [6.45, 7) is 0. The van der Waals surface area contributed by atoms with Crippen molar-refractivity contribution in [2.24, 2.45) is 0 Å². The summed E-state index contributed by atoms with van der Waals surface area (Å²) in [5, 5.41) is 0.472. The van der Waals surface area contributed by atoms with Crippen molar-refractivity contribution in [2.75, 3.05) is 10.5 Å². The fraction of sp³-hybridized carbons (Fsp3) is 0. The summed E-state index contributed by atoms with van der Waals surface area (Å²) >= 11 is 5.70. The van der Waals surface area contributed by atoms with Gasteiger partial charge in [-0.2, -0.15) is 0 Å². The number of nitrogen functional groups attached to an aromatic ring is 1. The molecule has 0 aliphatic carbocycles. The van der Waals surface area contributed by atoms with Crippen molar-refractivity contribution in [1.29, 1.82) is 0 Å². The zero-order valence-electron chi connectivity index (χ0n) is 9.17. The molecular formula is C11H10ClN3O2S. The Hall–Kier alpha value is -1.79. The molecule has 0 spiro atoms. The maximum absolute atomic E-state index is 12.0. The van der Waals surface area contributed by atoms with Gasteiger partial charge in [0.05, 0.1) is 16.8 Å². The molecule has 3 N–H and O–H groups in total. The van der Waals surface area contributed by atoms with Gasteiger partial charge in [0.2, 0.25) is 0 Å². The highest BCUT2D eigenvalue weighted by molar-refractivity contribution is 7.92. The van der Waals surface area contributed by atoms with Gasteiger partial charge in [0.1, 0.15) is 5.82 Å². The van der Waals surface area contributed by atoms with E-state index in [0.717, 1.165) is 0 Å². The zero-order chi connectivity index (χ0) is 13.2. The highest BCUT2D eigenvalue weighted by Crippen LogP contribution is 2.17. The zero-order valence-corrected chi connectivity index (χ0v) is 10.7. The fourth-order valence-electron chi connectivity index (χ4n) is 1.28. The van der Waals surface area contributed by atoms with Gasteiger partial charge in [-0.05, 0) is 36.4 Å². The SMILES string of the molecule is Nc1ccc(NS(=O)(=O)c2ccc(Cl)cc2)nc1. The minimum absolute atomic E-state index is 0.116. The van der Waals surface area contributed by atoms with E-state index in [1.165, 1.54) is 36.5 Å². The molecule has 0 aliphatic heterocycles. The van der Waals surface area contributed by atoms with Crippen LogP contribution in [0.3, 0.4) is 0 Å². The topological polar surface area (TPSA) is 85.1 Å². The smallest absolute Gasteiger partial charge is 0.263 e. The fourth-order valence-corrected chi connectivity index (χ4v) is 2.41. The Labute approximate surface area is 110 Å². The van der Waals surface area contributed by atoms with Crippen molar-refractivity contribution in [1.82, 2.24) is 4.98 Å². The number of hydrogen-bond acceptors (Lipinski definition) is 4. The molecule has 94 valence electrons. The number of rotatable bonds is 3. The van der Waals surface area contributed by atoms with Gasteiger partial charge in [0, 0.05) is 5.02 Å². The third kappa shape index (κ3) is 2.91. The molecule has 1 heterocycles. The molecule has 0 atom stereocenters. The van der Waals surface area contributed by atoms with Gasteiger partial charge in [-0.25, -0.2) is 13.4 Å². The molecule has 1 aromatic heterocycles. The minimum Gasteiger partial charge on any atom is -0.397 e. The van der Waals surface area contributed by atoms with Crippen molar-refractivity contribution in [3.63, 3.8) is 0 Å². The number of benzene rings is 1.